The summed E-state index contributed by atoms with van der Waals surface area (Å²) < 4.78 is 51.2. The zero-order valence-corrected chi connectivity index (χ0v) is 18.4. The molecule has 0 saturated heterocycles. The van der Waals surface area contributed by atoms with Crippen molar-refractivity contribution in [3.05, 3.63) is 71.4 Å². The monoisotopic (exact) mass is 460 g/mol. The van der Waals surface area contributed by atoms with E-state index >= 15 is 0 Å². The minimum atomic E-state index is -3.61. The van der Waals surface area contributed by atoms with Crippen molar-refractivity contribution in [2.24, 2.45) is 0 Å². The Morgan fingerprint density at radius 1 is 1.03 bits per heavy atom. The van der Waals surface area contributed by atoms with Gasteiger partial charge in [0.05, 0.1) is 27.8 Å². The number of hydrogen-bond acceptors (Lipinski definition) is 6. The Hall–Kier alpha value is -3.02. The highest BCUT2D eigenvalue weighted by atomic mass is 32.2. The summed E-state index contributed by atoms with van der Waals surface area (Å²) in [5, 5.41) is 7.17. The lowest BCUT2D eigenvalue weighted by Gasteiger charge is -2.13. The molecule has 0 saturated carbocycles. The van der Waals surface area contributed by atoms with Gasteiger partial charge in [0, 0.05) is 25.2 Å². The summed E-state index contributed by atoms with van der Waals surface area (Å²) in [6.07, 6.45) is 0. The Balaban J connectivity index is 1.69. The Kier molecular flexibility index (Phi) is 5.20. The number of aromatic nitrogens is 2. The molecule has 0 aliphatic carbocycles. The maximum Gasteiger partial charge on any atom is 0.256 e. The van der Waals surface area contributed by atoms with Crippen molar-refractivity contribution >= 4 is 31.6 Å². The average molecular weight is 461 g/mol. The van der Waals surface area contributed by atoms with Crippen LogP contribution in [0, 0.1) is 0 Å². The first-order valence-corrected chi connectivity index (χ1v) is 12.6. The van der Waals surface area contributed by atoms with Crippen LogP contribution in [0.2, 0.25) is 0 Å². The lowest BCUT2D eigenvalue weighted by Crippen LogP contribution is -2.22. The number of rotatable bonds is 5. The number of carbonyl (C=O) groups excluding carboxylic acids is 1. The van der Waals surface area contributed by atoms with Crippen molar-refractivity contribution < 1.29 is 21.6 Å². The summed E-state index contributed by atoms with van der Waals surface area (Å²) in [6, 6.07) is 14.6. The van der Waals surface area contributed by atoms with Crippen molar-refractivity contribution in [1.82, 2.24) is 14.1 Å². The molecule has 2 heterocycles. The van der Waals surface area contributed by atoms with Crippen LogP contribution >= 0.6 is 0 Å². The number of fused-ring (bicyclic) bond motifs is 1. The van der Waals surface area contributed by atoms with Gasteiger partial charge in [-0.3, -0.25) is 4.79 Å². The molecule has 0 unspecified atom stereocenters. The predicted octanol–water partition coefficient (Wildman–Crippen LogP) is 1.80. The number of sulfonamides is 1. The van der Waals surface area contributed by atoms with Crippen LogP contribution < -0.4 is 5.32 Å². The second kappa shape index (κ2) is 7.59. The maximum absolute atomic E-state index is 12.9. The van der Waals surface area contributed by atoms with Crippen LogP contribution in [0.1, 0.15) is 21.6 Å². The molecule has 1 amide bonds. The van der Waals surface area contributed by atoms with Crippen molar-refractivity contribution in [3.8, 4) is 5.69 Å². The fraction of sp³-hybridized carbons (Fsp3) is 0.200. The van der Waals surface area contributed by atoms with E-state index in [9.17, 15) is 21.6 Å². The van der Waals surface area contributed by atoms with Crippen molar-refractivity contribution in [3.63, 3.8) is 0 Å². The number of para-hydroxylation sites is 1. The van der Waals surface area contributed by atoms with Crippen molar-refractivity contribution in [2.75, 3.05) is 19.4 Å². The normalized spacial score (nSPS) is 15.1. The lowest BCUT2D eigenvalue weighted by atomic mass is 10.2. The van der Waals surface area contributed by atoms with Gasteiger partial charge in [-0.25, -0.2) is 25.8 Å². The second-order valence-corrected chi connectivity index (χ2v) is 11.5. The zero-order valence-electron chi connectivity index (χ0n) is 16.8. The largest absolute Gasteiger partial charge is 0.306 e. The van der Waals surface area contributed by atoms with E-state index in [1.165, 1.54) is 43.0 Å². The predicted molar refractivity (Wildman–Crippen MR) is 115 cm³/mol. The summed E-state index contributed by atoms with van der Waals surface area (Å²) in [5.41, 5.74) is 1.78. The quantitative estimate of drug-likeness (QED) is 0.620. The van der Waals surface area contributed by atoms with E-state index in [-0.39, 0.29) is 27.8 Å². The molecule has 0 radical (unpaired) electrons. The molecule has 2 aromatic carbocycles. The topological polar surface area (TPSA) is 118 Å². The lowest BCUT2D eigenvalue weighted by molar-refractivity contribution is 0.102. The first-order valence-electron chi connectivity index (χ1n) is 9.29. The Bertz CT molecular complexity index is 1360. The van der Waals surface area contributed by atoms with Gasteiger partial charge in [-0.05, 0) is 36.4 Å². The summed E-state index contributed by atoms with van der Waals surface area (Å²) >= 11 is 0. The summed E-state index contributed by atoms with van der Waals surface area (Å²) in [7, 11) is -4.07. The van der Waals surface area contributed by atoms with Gasteiger partial charge in [0.1, 0.15) is 5.82 Å². The molecule has 11 heteroatoms. The van der Waals surface area contributed by atoms with Crippen molar-refractivity contribution in [2.45, 2.75) is 16.4 Å². The minimum absolute atomic E-state index is 0.0652. The van der Waals surface area contributed by atoms with Crippen LogP contribution in [-0.2, 0) is 31.4 Å². The molecule has 0 fully saturated rings. The fourth-order valence-electron chi connectivity index (χ4n) is 3.30. The third-order valence-electron chi connectivity index (χ3n) is 4.92. The Labute approximate surface area is 180 Å². The molecule has 0 atom stereocenters. The highest BCUT2D eigenvalue weighted by Crippen LogP contribution is 2.33. The van der Waals surface area contributed by atoms with Crippen LogP contribution in [0.4, 0.5) is 5.82 Å². The van der Waals surface area contributed by atoms with E-state index in [1.807, 2.05) is 18.2 Å². The molecule has 1 aromatic heterocycles. The zero-order chi connectivity index (χ0) is 22.4. The van der Waals surface area contributed by atoms with Gasteiger partial charge in [0.15, 0.2) is 9.84 Å². The molecular weight excluding hydrogens is 440 g/mol. The van der Waals surface area contributed by atoms with Gasteiger partial charge in [-0.2, -0.15) is 5.10 Å². The van der Waals surface area contributed by atoms with E-state index in [1.54, 1.807) is 12.1 Å². The van der Waals surface area contributed by atoms with Crippen molar-refractivity contribution in [1.29, 1.82) is 0 Å². The molecule has 3 aromatic rings. The molecule has 31 heavy (non-hydrogen) atoms. The van der Waals surface area contributed by atoms with Gasteiger partial charge >= 0.3 is 0 Å². The highest BCUT2D eigenvalue weighted by molar-refractivity contribution is 7.90. The third kappa shape index (κ3) is 3.99. The van der Waals surface area contributed by atoms with Crippen LogP contribution in [0.15, 0.2) is 59.5 Å². The summed E-state index contributed by atoms with van der Waals surface area (Å²) in [5.74, 6) is -0.595. The molecule has 1 aliphatic rings. The van der Waals surface area contributed by atoms with E-state index in [0.29, 0.717) is 16.9 Å². The summed E-state index contributed by atoms with van der Waals surface area (Å²) in [6.45, 7) is 0. The molecule has 162 valence electrons. The summed E-state index contributed by atoms with van der Waals surface area (Å²) in [4.78, 5) is 13.0. The molecule has 4 rings (SSSR count). The second-order valence-electron chi connectivity index (χ2n) is 7.32. The van der Waals surface area contributed by atoms with E-state index in [0.717, 1.165) is 4.31 Å². The van der Waals surface area contributed by atoms with Crippen LogP contribution in [0.25, 0.3) is 5.69 Å². The Morgan fingerprint density at radius 3 is 2.29 bits per heavy atom. The SMILES string of the molecule is CN(C)S(=O)(=O)c1ccc(C(=O)Nc2c3c(nn2-c2ccccc2)CS(=O)(=O)C3)cc1. The number of nitrogens with one attached hydrogen (secondary N) is 1. The highest BCUT2D eigenvalue weighted by Gasteiger charge is 2.33. The van der Waals surface area contributed by atoms with Gasteiger partial charge < -0.3 is 5.32 Å². The average Bonchev–Trinajstić information content (AvgIpc) is 3.21. The number of anilines is 1. The van der Waals surface area contributed by atoms with Gasteiger partial charge in [0.25, 0.3) is 5.91 Å². The first kappa shape index (κ1) is 21.2. The van der Waals surface area contributed by atoms with Gasteiger partial charge in [-0.1, -0.05) is 18.2 Å². The van der Waals surface area contributed by atoms with E-state index in [2.05, 4.69) is 10.4 Å². The van der Waals surface area contributed by atoms with E-state index in [4.69, 9.17) is 0 Å². The molecule has 1 aliphatic heterocycles. The third-order valence-corrected chi connectivity index (χ3v) is 8.19. The molecule has 0 spiro atoms. The maximum atomic E-state index is 12.9. The minimum Gasteiger partial charge on any atom is -0.306 e. The molecular formula is C20H20N4O5S2. The van der Waals surface area contributed by atoms with Gasteiger partial charge in [0.2, 0.25) is 10.0 Å². The van der Waals surface area contributed by atoms with Crippen LogP contribution in [0.3, 0.4) is 0 Å². The van der Waals surface area contributed by atoms with Crippen LogP contribution in [-0.4, -0.2) is 50.9 Å². The standard InChI is InChI=1S/C20H20N4O5S2/c1-23(2)31(28,29)16-10-8-14(9-11-16)20(25)21-19-17-12-30(26,27)13-18(17)22-24(19)15-6-4-3-5-7-15/h3-11H,12-13H2,1-2H3,(H,21,25). The molecule has 9 nitrogen and oxygen atoms in total. The van der Waals surface area contributed by atoms with Crippen LogP contribution in [0.5, 0.6) is 0 Å². The number of hydrogen-bond donors (Lipinski definition) is 1. The number of amides is 1. The molecule has 0 bridgehead atoms. The number of sulfone groups is 1. The number of benzene rings is 2. The fourth-order valence-corrected chi connectivity index (χ4v) is 5.69. The number of nitrogens with zero attached hydrogens (tertiary/aromatic N) is 3. The Morgan fingerprint density at radius 2 is 1.68 bits per heavy atom. The number of carbonyl (C=O) groups is 1. The first-order chi connectivity index (χ1) is 14.6. The van der Waals surface area contributed by atoms with E-state index < -0.39 is 25.8 Å². The molecule has 1 N–H and O–H groups in total. The van der Waals surface area contributed by atoms with Gasteiger partial charge in [-0.15, -0.1) is 0 Å². The smallest absolute Gasteiger partial charge is 0.256 e.